The van der Waals surface area contributed by atoms with Gasteiger partial charge in [-0.3, -0.25) is 4.79 Å². The minimum atomic E-state index is -0.946. The Morgan fingerprint density at radius 2 is 1.79 bits per heavy atom. The van der Waals surface area contributed by atoms with Crippen molar-refractivity contribution in [2.75, 3.05) is 34.3 Å². The molecule has 0 bridgehead atoms. The average Bonchev–Trinajstić information content (AvgIpc) is 3.56. The largest absolute Gasteiger partial charge is 0.480 e. The van der Waals surface area contributed by atoms with E-state index in [1.54, 1.807) is 23.5 Å². The fourth-order valence-electron chi connectivity index (χ4n) is 6.76. The first kappa shape index (κ1) is 35.2. The van der Waals surface area contributed by atoms with Crippen LogP contribution in [0.25, 0.3) is 43.6 Å². The average molecular weight is 670 g/mol. The van der Waals surface area contributed by atoms with Gasteiger partial charge in [-0.25, -0.2) is 14.8 Å². The maximum Gasteiger partial charge on any atom is 0.337 e. The minimum Gasteiger partial charge on any atom is -0.480 e. The van der Waals surface area contributed by atoms with Crippen LogP contribution in [0, 0.1) is 13.8 Å². The fourth-order valence-corrected chi connectivity index (χ4v) is 7.65. The Kier molecular flexibility index (Phi) is 11.3. The molecule has 0 aliphatic heterocycles. The summed E-state index contributed by atoms with van der Waals surface area (Å²) in [5, 5.41) is 16.8. The molecule has 0 aliphatic carbocycles. The molecule has 48 heavy (non-hydrogen) atoms. The number of benzene rings is 2. The summed E-state index contributed by atoms with van der Waals surface area (Å²) in [5.74, 6) is -1.19. The third kappa shape index (κ3) is 7.46. The third-order valence-electron chi connectivity index (χ3n) is 8.86. The molecule has 3 heterocycles. The number of hydrogen-bond donors (Lipinski definition) is 2. The van der Waals surface area contributed by atoms with Crippen molar-refractivity contribution in [2.45, 2.75) is 72.4 Å². The zero-order valence-electron chi connectivity index (χ0n) is 29.1. The highest BCUT2D eigenvalue weighted by Gasteiger charge is 2.28. The summed E-state index contributed by atoms with van der Waals surface area (Å²) in [6, 6.07) is 14.0. The van der Waals surface area contributed by atoms with Gasteiger partial charge in [0.05, 0.1) is 50.7 Å². The molecule has 3 aromatic heterocycles. The number of methoxy groups -OCH3 is 1. The molecule has 0 radical (unpaired) electrons. The number of ether oxygens (including phenoxy) is 1. The minimum absolute atomic E-state index is 0.208. The number of likely N-dealkylation sites (N-methyl/N-ethyl adjacent to an activating group) is 1. The molecule has 0 saturated carbocycles. The van der Waals surface area contributed by atoms with E-state index in [0.717, 1.165) is 104 Å². The lowest BCUT2D eigenvalue weighted by Gasteiger charge is -2.21. The zero-order valence-corrected chi connectivity index (χ0v) is 30.0. The normalized spacial score (nSPS) is 11.8. The van der Waals surface area contributed by atoms with Crippen LogP contribution in [0.3, 0.4) is 0 Å². The van der Waals surface area contributed by atoms with Gasteiger partial charge in [0.1, 0.15) is 6.54 Å². The van der Waals surface area contributed by atoms with E-state index < -0.39 is 11.9 Å². The summed E-state index contributed by atoms with van der Waals surface area (Å²) in [6.45, 7) is 10.4. The van der Waals surface area contributed by atoms with Gasteiger partial charge in [0.15, 0.2) is 0 Å². The van der Waals surface area contributed by atoms with E-state index in [-0.39, 0.29) is 12.5 Å². The van der Waals surface area contributed by atoms with E-state index in [2.05, 4.69) is 61.3 Å². The number of fused-ring (bicyclic) bond motifs is 2. The number of hydrogen-bond acceptors (Lipinski definition) is 8. The van der Waals surface area contributed by atoms with Crippen molar-refractivity contribution in [3.05, 3.63) is 69.9 Å². The molecule has 9 nitrogen and oxygen atoms in total. The second-order valence-electron chi connectivity index (χ2n) is 12.8. The summed E-state index contributed by atoms with van der Waals surface area (Å²) in [7, 11) is 5.47. The van der Waals surface area contributed by atoms with Crippen LogP contribution in [0.1, 0.15) is 77.6 Å². The second-order valence-corrected chi connectivity index (χ2v) is 14.0. The first-order valence-corrected chi connectivity index (χ1v) is 17.6. The van der Waals surface area contributed by atoms with Crippen LogP contribution in [0.5, 0.6) is 0 Å². The Morgan fingerprint density at radius 1 is 1.04 bits per heavy atom. The van der Waals surface area contributed by atoms with Crippen LogP contribution in [0.15, 0.2) is 42.5 Å². The molecular weight excluding hydrogens is 623 g/mol. The molecule has 2 N–H and O–H groups in total. The van der Waals surface area contributed by atoms with Gasteiger partial charge in [0.25, 0.3) is 0 Å². The summed E-state index contributed by atoms with van der Waals surface area (Å²) in [4.78, 5) is 38.2. The highest BCUT2D eigenvalue weighted by molar-refractivity contribution is 7.15. The number of thiazole rings is 1. The summed E-state index contributed by atoms with van der Waals surface area (Å²) in [5.41, 5.74) is 7.90. The van der Waals surface area contributed by atoms with Crippen molar-refractivity contribution in [3.8, 4) is 21.8 Å². The Labute approximate surface area is 287 Å². The fraction of sp³-hybridized carbons (Fsp3) is 0.421. The number of pyridine rings is 1. The number of aryl methyl sites for hydroxylation is 2. The molecule has 0 aliphatic rings. The van der Waals surface area contributed by atoms with Gasteiger partial charge in [0.2, 0.25) is 0 Å². The number of aliphatic carboxylic acids is 1. The highest BCUT2D eigenvalue weighted by Crippen LogP contribution is 2.44. The van der Waals surface area contributed by atoms with E-state index in [4.69, 9.17) is 9.72 Å². The molecule has 254 valence electrons. The van der Waals surface area contributed by atoms with Crippen LogP contribution in [-0.4, -0.2) is 70.8 Å². The van der Waals surface area contributed by atoms with Crippen LogP contribution < -0.4 is 5.32 Å². The van der Waals surface area contributed by atoms with Gasteiger partial charge in [0, 0.05) is 36.0 Å². The summed E-state index contributed by atoms with van der Waals surface area (Å²) in [6.07, 6.45) is 3.92. The number of carboxylic acids is 1. The number of nitrogens with one attached hydrogen (secondary N) is 1. The number of aromatic nitrogens is 3. The van der Waals surface area contributed by atoms with Gasteiger partial charge < -0.3 is 24.6 Å². The van der Waals surface area contributed by atoms with Crippen LogP contribution in [0.2, 0.25) is 0 Å². The van der Waals surface area contributed by atoms with E-state index in [9.17, 15) is 14.7 Å². The van der Waals surface area contributed by atoms with Crippen molar-refractivity contribution in [1.29, 1.82) is 0 Å². The van der Waals surface area contributed by atoms with E-state index in [1.165, 1.54) is 7.11 Å². The van der Waals surface area contributed by atoms with Gasteiger partial charge in [-0.05, 0) is 88.2 Å². The highest BCUT2D eigenvalue weighted by atomic mass is 32.1. The van der Waals surface area contributed by atoms with E-state index in [1.807, 2.05) is 30.5 Å². The van der Waals surface area contributed by atoms with E-state index in [0.29, 0.717) is 12.1 Å². The Hall–Kier alpha value is -4.12. The maximum absolute atomic E-state index is 12.7. The van der Waals surface area contributed by atoms with Gasteiger partial charge in [-0.15, -0.1) is 11.3 Å². The molecule has 5 rings (SSSR count). The molecule has 10 heteroatoms. The standard InChI is InChI=1S/C38H47N5O4S/c1-8-10-25(11-9-2)35-29-14-12-27(38(46)47-7)20-33(29)43(22-34(44)45)36(35)30-18-26-13-15-31(37-23(3)40-24(4)48-37)41-32(26)19-28(30)21-39-16-17-42(5)6/h12-15,18-20,25,39H,8-11,16-17,21-22H2,1-7H3,(H,44,45). The SMILES string of the molecule is CCCC(CCC)c1c(-c2cc3ccc(-c4sc(C)nc4C)nc3cc2CNCCN(C)C)n(CC(=O)O)c2cc(C(=O)OC)ccc12. The molecule has 0 amide bonds. The Bertz CT molecular complexity index is 1940. The van der Waals surface area contributed by atoms with Crippen molar-refractivity contribution in [3.63, 3.8) is 0 Å². The van der Waals surface area contributed by atoms with Gasteiger partial charge in [-0.2, -0.15) is 0 Å². The topological polar surface area (TPSA) is 110 Å². The molecule has 0 spiro atoms. The van der Waals surface area contributed by atoms with Crippen molar-refractivity contribution >= 4 is 45.1 Å². The van der Waals surface area contributed by atoms with Crippen LogP contribution >= 0.6 is 11.3 Å². The summed E-state index contributed by atoms with van der Waals surface area (Å²) >= 11 is 1.65. The first-order valence-electron chi connectivity index (χ1n) is 16.8. The number of esters is 1. The molecule has 0 fully saturated rings. The zero-order chi connectivity index (χ0) is 34.5. The van der Waals surface area contributed by atoms with Crippen molar-refractivity contribution in [1.82, 2.24) is 24.8 Å². The summed E-state index contributed by atoms with van der Waals surface area (Å²) < 4.78 is 6.95. The van der Waals surface area contributed by atoms with E-state index >= 15 is 0 Å². The lowest BCUT2D eigenvalue weighted by molar-refractivity contribution is -0.137. The molecular formula is C38H47N5O4S. The molecule has 0 saturated heterocycles. The Balaban J connectivity index is 1.82. The van der Waals surface area contributed by atoms with Crippen molar-refractivity contribution in [2.24, 2.45) is 0 Å². The predicted molar refractivity (Wildman–Crippen MR) is 195 cm³/mol. The number of carbonyl (C=O) groups is 2. The quantitative estimate of drug-likeness (QED) is 0.0859. The number of carbonyl (C=O) groups excluding carboxylic acids is 1. The number of rotatable bonds is 15. The first-order chi connectivity index (χ1) is 23.1. The smallest absolute Gasteiger partial charge is 0.337 e. The number of nitrogens with zero attached hydrogens (tertiary/aromatic N) is 4. The number of carboxylic acid groups (broad SMARTS) is 1. The van der Waals surface area contributed by atoms with Crippen molar-refractivity contribution < 1.29 is 19.4 Å². The third-order valence-corrected chi connectivity index (χ3v) is 9.95. The predicted octanol–water partition coefficient (Wildman–Crippen LogP) is 7.80. The molecule has 0 atom stereocenters. The lowest BCUT2D eigenvalue weighted by Crippen LogP contribution is -2.26. The molecule has 2 aromatic carbocycles. The van der Waals surface area contributed by atoms with Crippen LogP contribution in [0.4, 0.5) is 0 Å². The van der Waals surface area contributed by atoms with Crippen LogP contribution in [-0.2, 0) is 22.6 Å². The Morgan fingerprint density at radius 3 is 2.42 bits per heavy atom. The van der Waals surface area contributed by atoms with Gasteiger partial charge >= 0.3 is 11.9 Å². The monoisotopic (exact) mass is 669 g/mol. The van der Waals surface area contributed by atoms with Gasteiger partial charge in [-0.1, -0.05) is 38.8 Å². The molecule has 5 aromatic rings. The second kappa shape index (κ2) is 15.4. The maximum atomic E-state index is 12.7. The molecule has 0 unspecified atom stereocenters. The lowest BCUT2D eigenvalue weighted by atomic mass is 9.85.